The van der Waals surface area contributed by atoms with Crippen molar-refractivity contribution in [2.75, 3.05) is 12.4 Å². The summed E-state index contributed by atoms with van der Waals surface area (Å²) >= 11 is 0. The van der Waals surface area contributed by atoms with Crippen molar-refractivity contribution in [2.24, 2.45) is 0 Å². The summed E-state index contributed by atoms with van der Waals surface area (Å²) in [6, 6.07) is 16.9. The van der Waals surface area contributed by atoms with E-state index in [9.17, 15) is 0 Å². The molecule has 0 aromatic heterocycles. The highest BCUT2D eigenvalue weighted by atomic mass is 16.5. The van der Waals surface area contributed by atoms with E-state index < -0.39 is 0 Å². The zero-order valence-corrected chi connectivity index (χ0v) is 11.8. The van der Waals surface area contributed by atoms with Gasteiger partial charge in [0.1, 0.15) is 5.75 Å². The molecular weight excluding hydrogens is 234 g/mol. The number of anilines is 1. The van der Waals surface area contributed by atoms with Gasteiger partial charge in [-0.25, -0.2) is 0 Å². The van der Waals surface area contributed by atoms with Crippen LogP contribution in [0.4, 0.5) is 5.69 Å². The van der Waals surface area contributed by atoms with Crippen LogP contribution in [0.25, 0.3) is 0 Å². The first-order valence-electron chi connectivity index (χ1n) is 6.64. The maximum absolute atomic E-state index is 5.39. The van der Waals surface area contributed by atoms with Gasteiger partial charge >= 0.3 is 0 Å². The van der Waals surface area contributed by atoms with Crippen molar-refractivity contribution in [3.63, 3.8) is 0 Å². The van der Waals surface area contributed by atoms with Crippen LogP contribution in [0.5, 0.6) is 5.75 Å². The van der Waals surface area contributed by atoms with Crippen molar-refractivity contribution in [2.45, 2.75) is 26.3 Å². The molecule has 1 unspecified atom stereocenters. The second-order valence-electron chi connectivity index (χ2n) is 4.88. The highest BCUT2D eigenvalue weighted by Gasteiger charge is 2.08. The van der Waals surface area contributed by atoms with E-state index in [2.05, 4.69) is 55.6 Å². The van der Waals surface area contributed by atoms with Gasteiger partial charge in [-0.05, 0) is 43.5 Å². The Hall–Kier alpha value is -1.96. The van der Waals surface area contributed by atoms with Crippen LogP contribution in [0.2, 0.25) is 0 Å². The van der Waals surface area contributed by atoms with Gasteiger partial charge in [0.2, 0.25) is 0 Å². The highest BCUT2D eigenvalue weighted by molar-refractivity contribution is 5.51. The fraction of sp³-hybridized carbons (Fsp3) is 0.294. The van der Waals surface area contributed by atoms with Crippen molar-refractivity contribution in [1.82, 2.24) is 0 Å². The SMILES string of the molecule is COc1ccccc1CC(C)Nc1ccccc1C. The van der Waals surface area contributed by atoms with E-state index in [0.29, 0.717) is 6.04 Å². The Bertz CT molecular complexity index is 536. The highest BCUT2D eigenvalue weighted by Crippen LogP contribution is 2.21. The summed E-state index contributed by atoms with van der Waals surface area (Å²) in [6.45, 7) is 4.32. The normalized spacial score (nSPS) is 11.9. The number of para-hydroxylation sites is 2. The molecule has 2 aromatic rings. The molecule has 0 aliphatic heterocycles. The number of ether oxygens (including phenoxy) is 1. The Morgan fingerprint density at radius 3 is 2.47 bits per heavy atom. The van der Waals surface area contributed by atoms with E-state index in [1.807, 2.05) is 12.1 Å². The summed E-state index contributed by atoms with van der Waals surface area (Å²) < 4.78 is 5.39. The Labute approximate surface area is 115 Å². The predicted molar refractivity (Wildman–Crippen MR) is 81.0 cm³/mol. The maximum Gasteiger partial charge on any atom is 0.122 e. The minimum Gasteiger partial charge on any atom is -0.496 e. The second kappa shape index (κ2) is 6.28. The smallest absolute Gasteiger partial charge is 0.122 e. The van der Waals surface area contributed by atoms with Crippen molar-refractivity contribution >= 4 is 5.69 Å². The van der Waals surface area contributed by atoms with Crippen LogP contribution in [-0.2, 0) is 6.42 Å². The molecule has 0 saturated carbocycles. The number of nitrogens with one attached hydrogen (secondary N) is 1. The maximum atomic E-state index is 5.39. The molecule has 1 N–H and O–H groups in total. The summed E-state index contributed by atoms with van der Waals surface area (Å²) in [5.41, 5.74) is 3.71. The zero-order valence-electron chi connectivity index (χ0n) is 11.8. The molecule has 19 heavy (non-hydrogen) atoms. The van der Waals surface area contributed by atoms with Crippen LogP contribution >= 0.6 is 0 Å². The zero-order chi connectivity index (χ0) is 13.7. The summed E-state index contributed by atoms with van der Waals surface area (Å²) in [5.74, 6) is 0.959. The molecule has 0 fully saturated rings. The molecule has 0 spiro atoms. The molecule has 0 heterocycles. The standard InChI is InChI=1S/C17H21NO/c1-13-8-4-6-10-16(13)18-14(2)12-15-9-5-7-11-17(15)19-3/h4-11,14,18H,12H2,1-3H3. The van der Waals surface area contributed by atoms with Gasteiger partial charge in [0.05, 0.1) is 7.11 Å². The third-order valence-electron chi connectivity index (χ3n) is 3.27. The fourth-order valence-electron chi connectivity index (χ4n) is 2.25. The first kappa shape index (κ1) is 13.5. The van der Waals surface area contributed by atoms with Crippen LogP contribution in [0.3, 0.4) is 0 Å². The Kier molecular flexibility index (Phi) is 4.45. The lowest BCUT2D eigenvalue weighted by molar-refractivity contribution is 0.409. The molecule has 100 valence electrons. The molecule has 0 amide bonds. The van der Waals surface area contributed by atoms with Gasteiger partial charge in [-0.3, -0.25) is 0 Å². The molecule has 2 nitrogen and oxygen atoms in total. The first-order valence-corrected chi connectivity index (χ1v) is 6.64. The topological polar surface area (TPSA) is 21.3 Å². The van der Waals surface area contributed by atoms with E-state index in [1.54, 1.807) is 7.11 Å². The fourth-order valence-corrected chi connectivity index (χ4v) is 2.25. The number of benzene rings is 2. The summed E-state index contributed by atoms with van der Waals surface area (Å²) in [7, 11) is 1.72. The van der Waals surface area contributed by atoms with Gasteiger partial charge in [-0.1, -0.05) is 36.4 Å². The molecular formula is C17H21NO. The van der Waals surface area contributed by atoms with Crippen LogP contribution < -0.4 is 10.1 Å². The third kappa shape index (κ3) is 3.50. The first-order chi connectivity index (χ1) is 9.20. The molecule has 2 heteroatoms. The quantitative estimate of drug-likeness (QED) is 0.870. The second-order valence-corrected chi connectivity index (χ2v) is 4.88. The lowest BCUT2D eigenvalue weighted by Gasteiger charge is -2.18. The average Bonchev–Trinajstić information content (AvgIpc) is 2.42. The van der Waals surface area contributed by atoms with Crippen LogP contribution in [0.15, 0.2) is 48.5 Å². The van der Waals surface area contributed by atoms with Crippen LogP contribution in [0.1, 0.15) is 18.1 Å². The summed E-state index contributed by atoms with van der Waals surface area (Å²) in [6.07, 6.45) is 0.943. The van der Waals surface area contributed by atoms with E-state index in [0.717, 1.165) is 12.2 Å². The molecule has 0 aliphatic rings. The van der Waals surface area contributed by atoms with Gasteiger partial charge in [-0.2, -0.15) is 0 Å². The summed E-state index contributed by atoms with van der Waals surface area (Å²) in [5, 5.41) is 3.55. The number of hydrogen-bond acceptors (Lipinski definition) is 2. The Morgan fingerprint density at radius 1 is 1.05 bits per heavy atom. The molecule has 0 saturated heterocycles. The van der Waals surface area contributed by atoms with E-state index >= 15 is 0 Å². The molecule has 1 atom stereocenters. The van der Waals surface area contributed by atoms with Crippen LogP contribution in [0, 0.1) is 6.92 Å². The molecule has 0 aliphatic carbocycles. The Morgan fingerprint density at radius 2 is 1.74 bits per heavy atom. The number of rotatable bonds is 5. The van der Waals surface area contributed by atoms with E-state index in [4.69, 9.17) is 4.74 Å². The van der Waals surface area contributed by atoms with Gasteiger partial charge in [0.15, 0.2) is 0 Å². The number of aryl methyl sites for hydroxylation is 1. The predicted octanol–water partition coefficient (Wildman–Crippen LogP) is 4.05. The minimum atomic E-state index is 0.359. The van der Waals surface area contributed by atoms with Gasteiger partial charge in [0, 0.05) is 11.7 Å². The van der Waals surface area contributed by atoms with E-state index in [1.165, 1.54) is 16.8 Å². The van der Waals surface area contributed by atoms with Crippen molar-refractivity contribution in [1.29, 1.82) is 0 Å². The Balaban J connectivity index is 2.05. The van der Waals surface area contributed by atoms with Gasteiger partial charge < -0.3 is 10.1 Å². The summed E-state index contributed by atoms with van der Waals surface area (Å²) in [4.78, 5) is 0. The molecule has 2 aromatic carbocycles. The van der Waals surface area contributed by atoms with Crippen molar-refractivity contribution in [3.05, 3.63) is 59.7 Å². The lowest BCUT2D eigenvalue weighted by atomic mass is 10.1. The van der Waals surface area contributed by atoms with E-state index in [-0.39, 0.29) is 0 Å². The molecule has 0 radical (unpaired) electrons. The lowest BCUT2D eigenvalue weighted by Crippen LogP contribution is -2.19. The monoisotopic (exact) mass is 255 g/mol. The number of methoxy groups -OCH3 is 1. The van der Waals surface area contributed by atoms with Gasteiger partial charge in [0.25, 0.3) is 0 Å². The minimum absolute atomic E-state index is 0.359. The average molecular weight is 255 g/mol. The van der Waals surface area contributed by atoms with Gasteiger partial charge in [-0.15, -0.1) is 0 Å². The van der Waals surface area contributed by atoms with Crippen molar-refractivity contribution < 1.29 is 4.74 Å². The molecule has 0 bridgehead atoms. The van der Waals surface area contributed by atoms with Crippen LogP contribution in [-0.4, -0.2) is 13.2 Å². The molecule has 2 rings (SSSR count). The third-order valence-corrected chi connectivity index (χ3v) is 3.27. The number of hydrogen-bond donors (Lipinski definition) is 1. The van der Waals surface area contributed by atoms with Crippen molar-refractivity contribution in [3.8, 4) is 5.75 Å². The largest absolute Gasteiger partial charge is 0.496 e.